The van der Waals surface area contributed by atoms with E-state index in [1.807, 2.05) is 37.3 Å². The molecule has 0 radical (unpaired) electrons. The summed E-state index contributed by atoms with van der Waals surface area (Å²) in [6, 6.07) is 9.13. The molecule has 3 unspecified atom stereocenters. The number of rotatable bonds is 6. The van der Waals surface area contributed by atoms with Crippen LogP contribution in [0.2, 0.25) is 0 Å². The van der Waals surface area contributed by atoms with Crippen LogP contribution >= 0.6 is 0 Å². The van der Waals surface area contributed by atoms with Crippen LogP contribution in [0.4, 0.5) is 4.79 Å². The number of carbonyl (C=O) groups is 2. The Morgan fingerprint density at radius 2 is 1.88 bits per heavy atom. The highest BCUT2D eigenvalue weighted by Gasteiger charge is 2.43. The van der Waals surface area contributed by atoms with E-state index in [0.29, 0.717) is 13.0 Å². The predicted octanol–water partition coefficient (Wildman–Crippen LogP) is 3.69. The number of nitrogens with zero attached hydrogens (tertiary/aromatic N) is 1. The number of carboxylic acids is 1. The molecule has 1 aliphatic heterocycles. The summed E-state index contributed by atoms with van der Waals surface area (Å²) in [6.45, 7) is 7.74. The van der Waals surface area contributed by atoms with Crippen LogP contribution in [0.3, 0.4) is 0 Å². The van der Waals surface area contributed by atoms with Crippen LogP contribution in [0.5, 0.6) is 0 Å². The van der Waals surface area contributed by atoms with Gasteiger partial charge in [0.25, 0.3) is 0 Å². The smallest absolute Gasteiger partial charge is 0.410 e. The van der Waals surface area contributed by atoms with Crippen molar-refractivity contribution in [3.63, 3.8) is 0 Å². The number of hydrogen-bond donors (Lipinski definition) is 1. The predicted molar refractivity (Wildman–Crippen MR) is 97.8 cm³/mol. The molecule has 2 rings (SSSR count). The Balaban J connectivity index is 2.04. The molecule has 144 valence electrons. The quantitative estimate of drug-likeness (QED) is 0.834. The summed E-state index contributed by atoms with van der Waals surface area (Å²) in [6.07, 6.45) is 0.931. The molecule has 3 atom stereocenters. The zero-order chi connectivity index (χ0) is 19.3. The largest absolute Gasteiger partial charge is 0.481 e. The topological polar surface area (TPSA) is 76.1 Å². The summed E-state index contributed by atoms with van der Waals surface area (Å²) in [5.74, 6) is -1.73. The molecule has 1 aromatic rings. The minimum absolute atomic E-state index is 0.0502. The first-order chi connectivity index (χ1) is 12.2. The summed E-state index contributed by atoms with van der Waals surface area (Å²) in [5, 5.41) is 9.69. The van der Waals surface area contributed by atoms with E-state index in [1.54, 1.807) is 25.7 Å². The Morgan fingerprint density at radius 3 is 2.46 bits per heavy atom. The molecule has 1 amide bonds. The maximum absolute atomic E-state index is 12.6. The van der Waals surface area contributed by atoms with Crippen LogP contribution in [0.1, 0.15) is 46.1 Å². The van der Waals surface area contributed by atoms with Crippen molar-refractivity contribution >= 4 is 12.1 Å². The molecule has 0 aliphatic carbocycles. The van der Waals surface area contributed by atoms with Gasteiger partial charge in [-0.15, -0.1) is 0 Å². The lowest BCUT2D eigenvalue weighted by molar-refractivity contribution is -0.146. The van der Waals surface area contributed by atoms with Crippen molar-refractivity contribution in [1.82, 2.24) is 4.90 Å². The molecule has 0 bridgehead atoms. The van der Waals surface area contributed by atoms with Crippen molar-refractivity contribution in [1.29, 1.82) is 0 Å². The third-order valence-corrected chi connectivity index (χ3v) is 4.51. The molecule has 0 aromatic heterocycles. The van der Waals surface area contributed by atoms with Gasteiger partial charge in [0.15, 0.2) is 0 Å². The molecular formula is C20H29NO5. The van der Waals surface area contributed by atoms with Crippen LogP contribution < -0.4 is 0 Å². The number of carbonyl (C=O) groups excluding carboxylic acids is 1. The van der Waals surface area contributed by atoms with Gasteiger partial charge in [-0.2, -0.15) is 0 Å². The lowest BCUT2D eigenvalue weighted by atomic mass is 9.98. The molecule has 1 heterocycles. The van der Waals surface area contributed by atoms with Gasteiger partial charge in [-0.25, -0.2) is 4.79 Å². The molecule has 1 fully saturated rings. The van der Waals surface area contributed by atoms with E-state index in [1.165, 1.54) is 0 Å². The zero-order valence-corrected chi connectivity index (χ0v) is 16.0. The summed E-state index contributed by atoms with van der Waals surface area (Å²) < 4.78 is 11.1. The molecule has 6 heteroatoms. The fraction of sp³-hybridized carbons (Fsp3) is 0.600. The van der Waals surface area contributed by atoms with Gasteiger partial charge >= 0.3 is 12.1 Å². The van der Waals surface area contributed by atoms with Gasteiger partial charge in [0.2, 0.25) is 0 Å². The van der Waals surface area contributed by atoms with E-state index >= 15 is 0 Å². The summed E-state index contributed by atoms with van der Waals surface area (Å²) in [5.41, 5.74) is 0.368. The Hall–Kier alpha value is -2.08. The van der Waals surface area contributed by atoms with Crippen molar-refractivity contribution < 1.29 is 24.2 Å². The Morgan fingerprint density at radius 1 is 1.23 bits per heavy atom. The molecule has 1 saturated heterocycles. The van der Waals surface area contributed by atoms with Crippen molar-refractivity contribution in [3.8, 4) is 0 Å². The maximum atomic E-state index is 12.6. The summed E-state index contributed by atoms with van der Waals surface area (Å²) in [7, 11) is 0. The van der Waals surface area contributed by atoms with Crippen molar-refractivity contribution in [3.05, 3.63) is 35.9 Å². The molecule has 0 spiro atoms. The van der Waals surface area contributed by atoms with Gasteiger partial charge in [0.05, 0.1) is 19.3 Å². The maximum Gasteiger partial charge on any atom is 0.410 e. The highest BCUT2D eigenvalue weighted by molar-refractivity contribution is 5.74. The number of benzene rings is 1. The second-order valence-corrected chi connectivity index (χ2v) is 7.83. The van der Waals surface area contributed by atoms with E-state index in [2.05, 4.69) is 0 Å². The normalized spacial score (nSPS) is 21.5. The van der Waals surface area contributed by atoms with Crippen LogP contribution in [-0.2, 0) is 20.9 Å². The minimum atomic E-state index is -0.953. The molecule has 1 aliphatic rings. The van der Waals surface area contributed by atoms with E-state index in [0.717, 1.165) is 12.0 Å². The van der Waals surface area contributed by atoms with E-state index in [-0.39, 0.29) is 12.6 Å². The third kappa shape index (κ3) is 5.46. The lowest BCUT2D eigenvalue weighted by Crippen LogP contribution is -2.48. The monoisotopic (exact) mass is 363 g/mol. The van der Waals surface area contributed by atoms with Crippen LogP contribution in [0, 0.1) is 5.92 Å². The Bertz CT molecular complexity index is 610. The van der Waals surface area contributed by atoms with Gasteiger partial charge in [-0.3, -0.25) is 4.79 Å². The highest BCUT2D eigenvalue weighted by Crippen LogP contribution is 2.31. The number of ether oxygens (including phenoxy) is 2. The first-order valence-corrected chi connectivity index (χ1v) is 9.05. The number of aliphatic carboxylic acids is 1. The minimum Gasteiger partial charge on any atom is -0.481 e. The number of amides is 1. The van der Waals surface area contributed by atoms with Crippen LogP contribution in [-0.4, -0.2) is 46.4 Å². The molecule has 0 saturated carbocycles. The fourth-order valence-corrected chi connectivity index (χ4v) is 3.27. The van der Waals surface area contributed by atoms with Gasteiger partial charge in [0.1, 0.15) is 11.5 Å². The van der Waals surface area contributed by atoms with Crippen LogP contribution in [0.15, 0.2) is 30.3 Å². The SMILES string of the molecule is CC1CCC(C(COCc2ccccc2)C(=O)O)N1C(=O)OC(C)(C)C. The third-order valence-electron chi connectivity index (χ3n) is 4.51. The van der Waals surface area contributed by atoms with Gasteiger partial charge in [-0.05, 0) is 46.1 Å². The number of carboxylic acid groups (broad SMARTS) is 1. The van der Waals surface area contributed by atoms with Crippen LogP contribution in [0.25, 0.3) is 0 Å². The zero-order valence-electron chi connectivity index (χ0n) is 16.0. The number of likely N-dealkylation sites (tertiary alicyclic amines) is 1. The Labute approximate surface area is 155 Å². The van der Waals surface area contributed by atoms with E-state index in [4.69, 9.17) is 9.47 Å². The standard InChI is InChI=1S/C20H29NO5/c1-14-10-11-17(21(14)19(24)26-20(2,3)4)16(18(22)23)13-25-12-15-8-6-5-7-9-15/h5-9,14,16-17H,10-13H2,1-4H3,(H,22,23). The van der Waals surface area contributed by atoms with Gasteiger partial charge in [0, 0.05) is 6.04 Å². The molecule has 1 N–H and O–H groups in total. The first-order valence-electron chi connectivity index (χ1n) is 9.05. The molecule has 6 nitrogen and oxygen atoms in total. The molecule has 26 heavy (non-hydrogen) atoms. The fourth-order valence-electron chi connectivity index (χ4n) is 3.27. The van der Waals surface area contributed by atoms with E-state index in [9.17, 15) is 14.7 Å². The highest BCUT2D eigenvalue weighted by atomic mass is 16.6. The van der Waals surface area contributed by atoms with Gasteiger partial charge in [-0.1, -0.05) is 30.3 Å². The van der Waals surface area contributed by atoms with Crippen molar-refractivity contribution in [2.24, 2.45) is 5.92 Å². The number of hydrogen-bond acceptors (Lipinski definition) is 4. The average Bonchev–Trinajstić information content (AvgIpc) is 2.92. The van der Waals surface area contributed by atoms with Gasteiger partial charge < -0.3 is 19.5 Å². The molecular weight excluding hydrogens is 334 g/mol. The average molecular weight is 363 g/mol. The van der Waals surface area contributed by atoms with Crippen molar-refractivity contribution in [2.45, 2.75) is 64.8 Å². The molecule has 1 aromatic carbocycles. The Kier molecular flexibility index (Phi) is 6.64. The summed E-state index contributed by atoms with van der Waals surface area (Å²) >= 11 is 0. The van der Waals surface area contributed by atoms with Crippen molar-refractivity contribution in [2.75, 3.05) is 6.61 Å². The second kappa shape index (κ2) is 8.54. The first kappa shape index (κ1) is 20.2. The lowest BCUT2D eigenvalue weighted by Gasteiger charge is -2.33. The second-order valence-electron chi connectivity index (χ2n) is 7.83. The summed E-state index contributed by atoms with van der Waals surface area (Å²) in [4.78, 5) is 26.0. The van der Waals surface area contributed by atoms with E-state index < -0.39 is 29.6 Å².